The summed E-state index contributed by atoms with van der Waals surface area (Å²) in [6.45, 7) is 0.272. The molecule has 0 radical (unpaired) electrons. The first-order valence-electron chi connectivity index (χ1n) is 8.96. The average molecular weight is 362 g/mol. The number of rotatable bonds is 2. The maximum absolute atomic E-state index is 12.9. The lowest BCUT2D eigenvalue weighted by Gasteiger charge is -2.44. The van der Waals surface area contributed by atoms with Crippen molar-refractivity contribution in [2.45, 2.75) is 49.5 Å². The third-order valence-corrected chi connectivity index (χ3v) is 7.54. The van der Waals surface area contributed by atoms with Crippen molar-refractivity contribution < 1.29 is 18.0 Å². The highest BCUT2D eigenvalue weighted by Gasteiger charge is 2.44. The van der Waals surface area contributed by atoms with Gasteiger partial charge in [-0.25, -0.2) is 12.7 Å². The maximum Gasteiger partial charge on any atom is 0.269 e. The molecule has 1 saturated heterocycles. The van der Waals surface area contributed by atoms with Gasteiger partial charge < -0.3 is 4.90 Å². The molecule has 7 heteroatoms. The van der Waals surface area contributed by atoms with E-state index in [9.17, 15) is 18.0 Å². The highest BCUT2D eigenvalue weighted by molar-refractivity contribution is 7.90. The third kappa shape index (κ3) is 2.65. The van der Waals surface area contributed by atoms with Crippen LogP contribution in [0.2, 0.25) is 0 Å². The Labute approximate surface area is 147 Å². The van der Waals surface area contributed by atoms with Gasteiger partial charge in [-0.05, 0) is 43.7 Å². The summed E-state index contributed by atoms with van der Waals surface area (Å²) in [5.74, 6) is -0.322. The van der Waals surface area contributed by atoms with E-state index in [0.717, 1.165) is 36.4 Å². The van der Waals surface area contributed by atoms with E-state index in [-0.39, 0.29) is 29.0 Å². The predicted octanol–water partition coefficient (Wildman–Crippen LogP) is 2.01. The molecule has 2 aliphatic heterocycles. The molecule has 1 aromatic carbocycles. The fourth-order valence-corrected chi connectivity index (χ4v) is 6.05. The van der Waals surface area contributed by atoms with Crippen molar-refractivity contribution >= 4 is 21.8 Å². The summed E-state index contributed by atoms with van der Waals surface area (Å²) in [5, 5.41) is 0. The van der Waals surface area contributed by atoms with Gasteiger partial charge in [-0.2, -0.15) is 0 Å². The van der Waals surface area contributed by atoms with Crippen molar-refractivity contribution in [1.82, 2.24) is 9.21 Å². The Hall–Kier alpha value is -1.89. The van der Waals surface area contributed by atoms with E-state index in [2.05, 4.69) is 0 Å². The molecule has 0 aromatic heterocycles. The van der Waals surface area contributed by atoms with E-state index in [1.165, 1.54) is 18.6 Å². The van der Waals surface area contributed by atoms with Crippen LogP contribution < -0.4 is 0 Å². The number of nitrogens with zero attached hydrogens (tertiary/aromatic N) is 2. The van der Waals surface area contributed by atoms with E-state index in [0.29, 0.717) is 12.5 Å². The van der Waals surface area contributed by atoms with E-state index >= 15 is 0 Å². The number of likely N-dealkylation sites (tertiary alicyclic amines) is 1. The second-order valence-electron chi connectivity index (χ2n) is 7.15. The van der Waals surface area contributed by atoms with Crippen LogP contribution in [0, 0.1) is 5.92 Å². The van der Waals surface area contributed by atoms with Crippen LogP contribution in [-0.2, 0) is 14.8 Å². The summed E-state index contributed by atoms with van der Waals surface area (Å²) in [6, 6.07) is 6.35. The van der Waals surface area contributed by atoms with Crippen molar-refractivity contribution in [3.8, 4) is 0 Å². The first-order valence-corrected chi connectivity index (χ1v) is 10.4. The molecule has 2 atom stereocenters. The van der Waals surface area contributed by atoms with Crippen molar-refractivity contribution in [3.05, 3.63) is 29.8 Å². The molecular weight excluding hydrogens is 340 g/mol. The first-order chi connectivity index (χ1) is 12.0. The number of hydrogen-bond acceptors (Lipinski definition) is 4. The SMILES string of the molecule is O=C(CN1C(=O)c2ccccc2S1(=O)=O)N1CCCC2CCCCC21. The maximum atomic E-state index is 12.9. The van der Waals surface area contributed by atoms with Crippen LogP contribution in [0.5, 0.6) is 0 Å². The fourth-order valence-electron chi connectivity index (χ4n) is 4.54. The molecule has 0 spiro atoms. The van der Waals surface area contributed by atoms with Gasteiger partial charge in [-0.3, -0.25) is 9.59 Å². The number of fused-ring (bicyclic) bond motifs is 2. The van der Waals surface area contributed by atoms with Gasteiger partial charge in [0.25, 0.3) is 15.9 Å². The van der Waals surface area contributed by atoms with E-state index in [1.54, 1.807) is 12.1 Å². The predicted molar refractivity (Wildman–Crippen MR) is 91.4 cm³/mol. The smallest absolute Gasteiger partial charge is 0.269 e. The van der Waals surface area contributed by atoms with Crippen molar-refractivity contribution in [1.29, 1.82) is 0 Å². The monoisotopic (exact) mass is 362 g/mol. The topological polar surface area (TPSA) is 74.8 Å². The summed E-state index contributed by atoms with van der Waals surface area (Å²) in [4.78, 5) is 27.2. The Morgan fingerprint density at radius 2 is 1.80 bits per heavy atom. The fraction of sp³-hybridized carbons (Fsp3) is 0.556. The van der Waals surface area contributed by atoms with Gasteiger partial charge in [0, 0.05) is 12.6 Å². The van der Waals surface area contributed by atoms with Crippen LogP contribution >= 0.6 is 0 Å². The Kier molecular flexibility index (Phi) is 4.06. The number of piperidine rings is 1. The Bertz CT molecular complexity index is 818. The molecule has 0 bridgehead atoms. The molecule has 2 unspecified atom stereocenters. The molecule has 1 saturated carbocycles. The Morgan fingerprint density at radius 1 is 1.08 bits per heavy atom. The summed E-state index contributed by atoms with van der Waals surface area (Å²) in [5.41, 5.74) is 0.157. The summed E-state index contributed by atoms with van der Waals surface area (Å²) >= 11 is 0. The molecule has 1 aliphatic carbocycles. The standard InChI is InChI=1S/C18H22N2O4S/c21-17(19-11-5-7-13-6-1-3-9-15(13)19)12-20-18(22)14-8-2-4-10-16(14)25(20,23)24/h2,4,8,10,13,15H,1,3,5-7,9,11-12H2. The highest BCUT2D eigenvalue weighted by Crippen LogP contribution is 2.36. The van der Waals surface area contributed by atoms with Crippen LogP contribution in [-0.4, -0.2) is 48.6 Å². The molecule has 2 fully saturated rings. The minimum Gasteiger partial charge on any atom is -0.338 e. The van der Waals surface area contributed by atoms with Crippen LogP contribution in [0.4, 0.5) is 0 Å². The zero-order chi connectivity index (χ0) is 17.6. The van der Waals surface area contributed by atoms with E-state index in [4.69, 9.17) is 0 Å². The second kappa shape index (κ2) is 6.12. The van der Waals surface area contributed by atoms with Crippen LogP contribution in [0.1, 0.15) is 48.9 Å². The van der Waals surface area contributed by atoms with Gasteiger partial charge in [-0.15, -0.1) is 0 Å². The van der Waals surface area contributed by atoms with Crippen molar-refractivity contribution in [2.24, 2.45) is 5.92 Å². The normalized spacial score (nSPS) is 27.8. The average Bonchev–Trinajstić information content (AvgIpc) is 2.82. The molecule has 4 rings (SSSR count). The van der Waals surface area contributed by atoms with Gasteiger partial charge in [0.15, 0.2) is 0 Å². The molecule has 134 valence electrons. The third-order valence-electron chi connectivity index (χ3n) is 5.75. The van der Waals surface area contributed by atoms with E-state index < -0.39 is 15.9 Å². The molecule has 2 heterocycles. The number of carbonyl (C=O) groups is 2. The van der Waals surface area contributed by atoms with Crippen LogP contribution in [0.25, 0.3) is 0 Å². The summed E-state index contributed by atoms with van der Waals surface area (Å²) in [6.07, 6.45) is 6.53. The largest absolute Gasteiger partial charge is 0.338 e. The lowest BCUT2D eigenvalue weighted by molar-refractivity contribution is -0.137. The molecule has 25 heavy (non-hydrogen) atoms. The quantitative estimate of drug-likeness (QED) is 0.807. The molecule has 6 nitrogen and oxygen atoms in total. The van der Waals surface area contributed by atoms with Crippen molar-refractivity contribution in [2.75, 3.05) is 13.1 Å². The van der Waals surface area contributed by atoms with Gasteiger partial charge in [0.2, 0.25) is 5.91 Å². The number of hydrogen-bond donors (Lipinski definition) is 0. The first kappa shape index (κ1) is 16.6. The van der Waals surface area contributed by atoms with Crippen LogP contribution in [0.15, 0.2) is 29.2 Å². The molecule has 3 aliphatic rings. The summed E-state index contributed by atoms with van der Waals surface area (Å²) in [7, 11) is -3.92. The van der Waals surface area contributed by atoms with Gasteiger partial charge in [0.05, 0.1) is 5.56 Å². The molecule has 0 N–H and O–H groups in total. The molecular formula is C18H22N2O4S. The van der Waals surface area contributed by atoms with E-state index in [1.807, 2.05) is 4.90 Å². The number of sulfonamides is 1. The number of carbonyl (C=O) groups excluding carboxylic acids is 2. The van der Waals surface area contributed by atoms with Gasteiger partial charge in [-0.1, -0.05) is 25.0 Å². The Morgan fingerprint density at radius 3 is 2.60 bits per heavy atom. The van der Waals surface area contributed by atoms with Crippen molar-refractivity contribution in [3.63, 3.8) is 0 Å². The number of amides is 2. The zero-order valence-corrected chi connectivity index (χ0v) is 14.9. The van der Waals surface area contributed by atoms with Crippen LogP contribution in [0.3, 0.4) is 0 Å². The number of benzene rings is 1. The van der Waals surface area contributed by atoms with Gasteiger partial charge in [0.1, 0.15) is 11.4 Å². The molecule has 2 amide bonds. The Balaban J connectivity index is 1.56. The molecule has 1 aromatic rings. The highest BCUT2D eigenvalue weighted by atomic mass is 32.2. The second-order valence-corrected chi connectivity index (χ2v) is 8.98. The van der Waals surface area contributed by atoms with Gasteiger partial charge >= 0.3 is 0 Å². The lowest BCUT2D eigenvalue weighted by atomic mass is 9.78. The minimum atomic E-state index is -3.92. The lowest BCUT2D eigenvalue weighted by Crippen LogP contribution is -2.53. The minimum absolute atomic E-state index is 0.00184. The zero-order valence-electron chi connectivity index (χ0n) is 14.1. The summed E-state index contributed by atoms with van der Waals surface area (Å²) < 4.78 is 26.0.